The smallest absolute Gasteiger partial charge is 0.340 e. The van der Waals surface area contributed by atoms with Gasteiger partial charge in [0.15, 0.2) is 0 Å². The number of esters is 1. The monoisotopic (exact) mass is 367 g/mol. The number of nitrogens with zero attached hydrogens (tertiary/aromatic N) is 2. The van der Waals surface area contributed by atoms with E-state index < -0.39 is 0 Å². The van der Waals surface area contributed by atoms with Crippen LogP contribution in [0.25, 0.3) is 0 Å². The van der Waals surface area contributed by atoms with Crippen LogP contribution in [0.15, 0.2) is 48.5 Å². The van der Waals surface area contributed by atoms with Gasteiger partial charge in [-0.3, -0.25) is 0 Å². The quantitative estimate of drug-likeness (QED) is 0.840. The Hall–Kier alpha value is -3.02. The number of carbonyl (C=O) groups excluding carboxylic acids is 2. The van der Waals surface area contributed by atoms with Crippen LogP contribution in [-0.4, -0.2) is 49.7 Å². The second-order valence-electron chi connectivity index (χ2n) is 6.51. The Morgan fingerprint density at radius 1 is 1.04 bits per heavy atom. The van der Waals surface area contributed by atoms with Crippen molar-refractivity contribution in [2.75, 3.05) is 43.0 Å². The summed E-state index contributed by atoms with van der Waals surface area (Å²) in [5.41, 5.74) is 3.33. The van der Waals surface area contributed by atoms with Gasteiger partial charge in [-0.1, -0.05) is 24.3 Å². The number of piperazine rings is 1. The number of amides is 2. The molecule has 0 bridgehead atoms. The van der Waals surface area contributed by atoms with Crippen molar-refractivity contribution in [3.8, 4) is 0 Å². The molecule has 6 heteroatoms. The van der Waals surface area contributed by atoms with Crippen LogP contribution in [0, 0.1) is 6.92 Å². The zero-order valence-corrected chi connectivity index (χ0v) is 15.8. The molecule has 1 saturated heterocycles. The number of carbonyl (C=O) groups is 2. The molecule has 0 saturated carbocycles. The minimum Gasteiger partial charge on any atom is -0.462 e. The fourth-order valence-electron chi connectivity index (χ4n) is 3.21. The van der Waals surface area contributed by atoms with E-state index in [1.165, 1.54) is 0 Å². The van der Waals surface area contributed by atoms with Gasteiger partial charge in [-0.2, -0.15) is 0 Å². The van der Waals surface area contributed by atoms with Crippen molar-refractivity contribution in [3.63, 3.8) is 0 Å². The Morgan fingerprint density at radius 3 is 2.48 bits per heavy atom. The Morgan fingerprint density at radius 2 is 1.78 bits per heavy atom. The Kier molecular flexibility index (Phi) is 5.96. The lowest BCUT2D eigenvalue weighted by Gasteiger charge is -2.36. The third-order valence-electron chi connectivity index (χ3n) is 4.58. The van der Waals surface area contributed by atoms with E-state index in [2.05, 4.69) is 10.2 Å². The van der Waals surface area contributed by atoms with E-state index in [9.17, 15) is 9.59 Å². The van der Waals surface area contributed by atoms with Crippen LogP contribution in [0.5, 0.6) is 0 Å². The Labute approximate surface area is 159 Å². The summed E-state index contributed by atoms with van der Waals surface area (Å²) in [6.07, 6.45) is 0. The number of rotatable bonds is 4. The van der Waals surface area contributed by atoms with Gasteiger partial charge < -0.3 is 19.9 Å². The topological polar surface area (TPSA) is 61.9 Å². The molecule has 0 aliphatic carbocycles. The van der Waals surface area contributed by atoms with Crippen molar-refractivity contribution in [2.24, 2.45) is 0 Å². The summed E-state index contributed by atoms with van der Waals surface area (Å²) in [7, 11) is 0. The molecule has 1 fully saturated rings. The number of anilines is 2. The van der Waals surface area contributed by atoms with Crippen molar-refractivity contribution >= 4 is 23.4 Å². The standard InChI is InChI=1S/C21H25N3O3/c1-3-27-20(25)18-9-4-5-10-19(18)23-11-13-24(14-12-23)21(26)22-17-8-6-7-16(2)15-17/h4-10,15H,3,11-14H2,1-2H3,(H,22,26). The van der Waals surface area contributed by atoms with Gasteiger partial charge in [0.25, 0.3) is 0 Å². The van der Waals surface area contributed by atoms with Gasteiger partial charge in [0.05, 0.1) is 17.9 Å². The molecular weight excluding hydrogens is 342 g/mol. The van der Waals surface area contributed by atoms with Gasteiger partial charge >= 0.3 is 12.0 Å². The van der Waals surface area contributed by atoms with E-state index >= 15 is 0 Å². The van der Waals surface area contributed by atoms with Gasteiger partial charge in [-0.25, -0.2) is 9.59 Å². The van der Waals surface area contributed by atoms with Crippen LogP contribution in [-0.2, 0) is 4.74 Å². The van der Waals surface area contributed by atoms with Gasteiger partial charge in [0, 0.05) is 31.9 Å². The summed E-state index contributed by atoms with van der Waals surface area (Å²) in [5.74, 6) is -0.312. The number of benzene rings is 2. The van der Waals surface area contributed by atoms with Crippen LogP contribution in [0.1, 0.15) is 22.8 Å². The zero-order chi connectivity index (χ0) is 19.2. The number of hydrogen-bond acceptors (Lipinski definition) is 4. The van der Waals surface area contributed by atoms with Crippen LogP contribution < -0.4 is 10.2 Å². The van der Waals surface area contributed by atoms with E-state index in [-0.39, 0.29) is 12.0 Å². The molecule has 2 amide bonds. The van der Waals surface area contributed by atoms with Crippen LogP contribution in [0.4, 0.5) is 16.2 Å². The van der Waals surface area contributed by atoms with Gasteiger partial charge in [0.1, 0.15) is 0 Å². The van der Waals surface area contributed by atoms with Crippen LogP contribution >= 0.6 is 0 Å². The summed E-state index contributed by atoms with van der Waals surface area (Å²) in [5, 5.41) is 2.95. The first-order valence-electron chi connectivity index (χ1n) is 9.22. The first-order valence-corrected chi connectivity index (χ1v) is 9.22. The first-order chi connectivity index (χ1) is 13.1. The second-order valence-corrected chi connectivity index (χ2v) is 6.51. The van der Waals surface area contributed by atoms with Crippen LogP contribution in [0.2, 0.25) is 0 Å². The predicted octanol–water partition coefficient (Wildman–Crippen LogP) is 3.53. The third-order valence-corrected chi connectivity index (χ3v) is 4.58. The van der Waals surface area contributed by atoms with Crippen molar-refractivity contribution in [2.45, 2.75) is 13.8 Å². The molecule has 1 aliphatic heterocycles. The normalized spacial score (nSPS) is 14.0. The van der Waals surface area contributed by atoms with E-state index in [4.69, 9.17) is 4.74 Å². The molecule has 1 aliphatic rings. The summed E-state index contributed by atoms with van der Waals surface area (Å²) in [6.45, 7) is 6.65. The molecule has 1 N–H and O–H groups in total. The molecule has 0 aromatic heterocycles. The van der Waals surface area contributed by atoms with Crippen molar-refractivity contribution in [1.29, 1.82) is 0 Å². The minimum absolute atomic E-state index is 0.0982. The summed E-state index contributed by atoms with van der Waals surface area (Å²) in [4.78, 5) is 28.6. The third kappa shape index (κ3) is 4.58. The molecule has 6 nitrogen and oxygen atoms in total. The van der Waals surface area contributed by atoms with Gasteiger partial charge in [-0.05, 0) is 43.7 Å². The van der Waals surface area contributed by atoms with Crippen LogP contribution in [0.3, 0.4) is 0 Å². The van der Waals surface area contributed by atoms with E-state index in [1.54, 1.807) is 17.9 Å². The average Bonchev–Trinajstić information content (AvgIpc) is 2.68. The molecule has 142 valence electrons. The maximum absolute atomic E-state index is 12.5. The lowest BCUT2D eigenvalue weighted by molar-refractivity contribution is 0.0527. The molecule has 0 unspecified atom stereocenters. The predicted molar refractivity (Wildman–Crippen MR) is 106 cm³/mol. The molecule has 2 aromatic carbocycles. The van der Waals surface area contributed by atoms with Crippen molar-refractivity contribution in [1.82, 2.24) is 4.90 Å². The lowest BCUT2D eigenvalue weighted by Crippen LogP contribution is -2.50. The van der Waals surface area contributed by atoms with E-state index in [0.29, 0.717) is 38.3 Å². The highest BCUT2D eigenvalue weighted by atomic mass is 16.5. The number of aryl methyl sites for hydroxylation is 1. The van der Waals surface area contributed by atoms with E-state index in [1.807, 2.05) is 49.4 Å². The maximum Gasteiger partial charge on any atom is 0.340 e. The Bertz CT molecular complexity index is 814. The molecule has 0 radical (unpaired) electrons. The highest BCUT2D eigenvalue weighted by Crippen LogP contribution is 2.23. The number of nitrogens with one attached hydrogen (secondary N) is 1. The number of ether oxygens (including phenoxy) is 1. The summed E-state index contributed by atoms with van der Waals surface area (Å²) < 4.78 is 5.15. The second kappa shape index (κ2) is 8.58. The minimum atomic E-state index is -0.312. The van der Waals surface area contributed by atoms with Crippen molar-refractivity contribution in [3.05, 3.63) is 59.7 Å². The fourth-order valence-corrected chi connectivity index (χ4v) is 3.21. The summed E-state index contributed by atoms with van der Waals surface area (Å²) >= 11 is 0. The van der Waals surface area contributed by atoms with E-state index in [0.717, 1.165) is 16.9 Å². The highest BCUT2D eigenvalue weighted by molar-refractivity contribution is 5.96. The molecule has 3 rings (SSSR count). The molecule has 0 atom stereocenters. The van der Waals surface area contributed by atoms with Crippen molar-refractivity contribution < 1.29 is 14.3 Å². The molecule has 27 heavy (non-hydrogen) atoms. The number of para-hydroxylation sites is 1. The number of hydrogen-bond donors (Lipinski definition) is 1. The molecular formula is C21H25N3O3. The largest absolute Gasteiger partial charge is 0.462 e. The maximum atomic E-state index is 12.5. The fraction of sp³-hybridized carbons (Fsp3) is 0.333. The van der Waals surface area contributed by atoms with Gasteiger partial charge in [-0.15, -0.1) is 0 Å². The Balaban J connectivity index is 1.62. The molecule has 2 aromatic rings. The first kappa shape index (κ1) is 18.8. The number of urea groups is 1. The molecule has 1 heterocycles. The SMILES string of the molecule is CCOC(=O)c1ccccc1N1CCN(C(=O)Nc2cccc(C)c2)CC1. The average molecular weight is 367 g/mol. The highest BCUT2D eigenvalue weighted by Gasteiger charge is 2.24. The summed E-state index contributed by atoms with van der Waals surface area (Å²) in [6, 6.07) is 15.1. The van der Waals surface area contributed by atoms with Gasteiger partial charge in [0.2, 0.25) is 0 Å². The lowest BCUT2D eigenvalue weighted by atomic mass is 10.1. The molecule has 0 spiro atoms. The zero-order valence-electron chi connectivity index (χ0n) is 15.8.